The molecule has 0 aliphatic rings. The van der Waals surface area contributed by atoms with Gasteiger partial charge in [-0.3, -0.25) is 0 Å². The maximum Gasteiger partial charge on any atom is 0.0578 e. The quantitative estimate of drug-likeness (QED) is 0.799. The fourth-order valence-electron chi connectivity index (χ4n) is 1.67. The average molecular weight is 222 g/mol. The molecule has 0 heterocycles. The number of aryl methyl sites for hydroxylation is 1. The van der Waals surface area contributed by atoms with Crippen LogP contribution in [-0.4, -0.2) is 11.2 Å². The third-order valence-electron chi connectivity index (χ3n) is 2.56. The number of aliphatic hydroxyl groups excluding tert-OH is 1. The van der Waals surface area contributed by atoms with E-state index in [1.54, 1.807) is 0 Å². The molecule has 1 rings (SSSR count). The normalized spacial score (nSPS) is 11.6. The highest BCUT2D eigenvalue weighted by Gasteiger charge is 2.06. The number of aliphatic hydroxyl groups is 1. The molecular formula is C15H26O. The SMILES string of the molecule is CC.CCCc1ccccc1CC(O)CC. The van der Waals surface area contributed by atoms with Gasteiger partial charge in [0.2, 0.25) is 0 Å². The summed E-state index contributed by atoms with van der Waals surface area (Å²) >= 11 is 0. The summed E-state index contributed by atoms with van der Waals surface area (Å²) in [7, 11) is 0. The van der Waals surface area contributed by atoms with E-state index in [2.05, 4.69) is 31.2 Å². The van der Waals surface area contributed by atoms with Gasteiger partial charge in [0.25, 0.3) is 0 Å². The van der Waals surface area contributed by atoms with Gasteiger partial charge >= 0.3 is 0 Å². The molecular weight excluding hydrogens is 196 g/mol. The molecule has 0 fully saturated rings. The number of rotatable bonds is 5. The van der Waals surface area contributed by atoms with Gasteiger partial charge in [-0.05, 0) is 30.4 Å². The van der Waals surface area contributed by atoms with E-state index in [1.807, 2.05) is 20.8 Å². The molecule has 1 aromatic carbocycles. The average Bonchev–Trinajstić information content (AvgIpc) is 2.34. The minimum absolute atomic E-state index is 0.187. The Labute approximate surface area is 101 Å². The van der Waals surface area contributed by atoms with Crippen molar-refractivity contribution in [1.29, 1.82) is 0 Å². The van der Waals surface area contributed by atoms with Crippen LogP contribution in [0, 0.1) is 0 Å². The van der Waals surface area contributed by atoms with Crippen molar-refractivity contribution in [1.82, 2.24) is 0 Å². The third-order valence-corrected chi connectivity index (χ3v) is 2.56. The van der Waals surface area contributed by atoms with Gasteiger partial charge in [-0.2, -0.15) is 0 Å². The molecule has 1 N–H and O–H groups in total. The zero-order valence-corrected chi connectivity index (χ0v) is 11.2. The van der Waals surface area contributed by atoms with Crippen LogP contribution in [0.25, 0.3) is 0 Å². The van der Waals surface area contributed by atoms with E-state index in [-0.39, 0.29) is 6.10 Å². The molecule has 0 aliphatic carbocycles. The van der Waals surface area contributed by atoms with Gasteiger partial charge in [0.1, 0.15) is 0 Å². The molecule has 0 aromatic heterocycles. The minimum Gasteiger partial charge on any atom is -0.393 e. The molecule has 1 nitrogen and oxygen atoms in total. The van der Waals surface area contributed by atoms with Crippen molar-refractivity contribution >= 4 is 0 Å². The topological polar surface area (TPSA) is 20.2 Å². The van der Waals surface area contributed by atoms with E-state index < -0.39 is 0 Å². The van der Waals surface area contributed by atoms with Crippen molar-refractivity contribution in [2.75, 3.05) is 0 Å². The van der Waals surface area contributed by atoms with Gasteiger partial charge in [0, 0.05) is 0 Å². The van der Waals surface area contributed by atoms with Crippen LogP contribution in [-0.2, 0) is 12.8 Å². The summed E-state index contributed by atoms with van der Waals surface area (Å²) in [6, 6.07) is 8.43. The maximum absolute atomic E-state index is 9.60. The highest BCUT2D eigenvalue weighted by Crippen LogP contribution is 2.14. The minimum atomic E-state index is -0.187. The lowest BCUT2D eigenvalue weighted by atomic mass is 9.98. The molecule has 0 saturated heterocycles. The number of hydrogen-bond acceptors (Lipinski definition) is 1. The third kappa shape index (κ3) is 5.32. The first kappa shape index (κ1) is 15.2. The van der Waals surface area contributed by atoms with Crippen LogP contribution in [0.5, 0.6) is 0 Å². The summed E-state index contributed by atoms with van der Waals surface area (Å²) < 4.78 is 0. The molecule has 1 unspecified atom stereocenters. The van der Waals surface area contributed by atoms with Crippen molar-refractivity contribution in [3.63, 3.8) is 0 Å². The van der Waals surface area contributed by atoms with Gasteiger partial charge in [0.05, 0.1) is 6.10 Å². The molecule has 1 heteroatoms. The van der Waals surface area contributed by atoms with Crippen molar-refractivity contribution < 1.29 is 5.11 Å². The van der Waals surface area contributed by atoms with E-state index in [0.717, 1.165) is 19.3 Å². The van der Waals surface area contributed by atoms with E-state index in [1.165, 1.54) is 17.5 Å². The lowest BCUT2D eigenvalue weighted by Gasteiger charge is -2.11. The first-order valence-corrected chi connectivity index (χ1v) is 6.52. The Morgan fingerprint density at radius 3 is 2.12 bits per heavy atom. The predicted octanol–water partition coefficient (Wildman–Crippen LogP) is 3.98. The summed E-state index contributed by atoms with van der Waals surface area (Å²) in [5.41, 5.74) is 2.70. The Hall–Kier alpha value is -0.820. The highest BCUT2D eigenvalue weighted by molar-refractivity contribution is 5.27. The Morgan fingerprint density at radius 1 is 1.06 bits per heavy atom. The monoisotopic (exact) mass is 222 g/mol. The molecule has 0 saturated carbocycles. The van der Waals surface area contributed by atoms with Crippen molar-refractivity contribution in [3.05, 3.63) is 35.4 Å². The largest absolute Gasteiger partial charge is 0.393 e. The van der Waals surface area contributed by atoms with Crippen LogP contribution in [0.4, 0.5) is 0 Å². The fraction of sp³-hybridized carbons (Fsp3) is 0.600. The fourth-order valence-corrected chi connectivity index (χ4v) is 1.67. The standard InChI is InChI=1S/C13H20O.C2H6/c1-3-7-11-8-5-6-9-12(11)10-13(14)4-2;1-2/h5-6,8-9,13-14H,3-4,7,10H2,1-2H3;1-2H3. The van der Waals surface area contributed by atoms with Crippen LogP contribution >= 0.6 is 0 Å². The van der Waals surface area contributed by atoms with Crippen molar-refractivity contribution in [2.45, 2.75) is 59.5 Å². The van der Waals surface area contributed by atoms with Gasteiger partial charge in [-0.25, -0.2) is 0 Å². The first-order valence-electron chi connectivity index (χ1n) is 6.52. The van der Waals surface area contributed by atoms with Crippen LogP contribution in [0.3, 0.4) is 0 Å². The van der Waals surface area contributed by atoms with E-state index in [9.17, 15) is 5.11 Å². The second-order valence-corrected chi connectivity index (χ2v) is 3.78. The van der Waals surface area contributed by atoms with Crippen LogP contribution in [0.1, 0.15) is 51.7 Å². The van der Waals surface area contributed by atoms with Gasteiger partial charge in [-0.1, -0.05) is 58.4 Å². The number of benzene rings is 1. The van der Waals surface area contributed by atoms with E-state index in [0.29, 0.717) is 0 Å². The van der Waals surface area contributed by atoms with Crippen molar-refractivity contribution in [3.8, 4) is 0 Å². The van der Waals surface area contributed by atoms with E-state index in [4.69, 9.17) is 0 Å². The molecule has 0 amide bonds. The first-order chi connectivity index (χ1) is 7.77. The lowest BCUT2D eigenvalue weighted by molar-refractivity contribution is 0.170. The van der Waals surface area contributed by atoms with Gasteiger partial charge < -0.3 is 5.11 Å². The number of hydrogen-bond donors (Lipinski definition) is 1. The molecule has 1 aromatic rings. The smallest absolute Gasteiger partial charge is 0.0578 e. The summed E-state index contributed by atoms with van der Waals surface area (Å²) in [5.74, 6) is 0. The van der Waals surface area contributed by atoms with E-state index >= 15 is 0 Å². The Balaban J connectivity index is 0.00000106. The van der Waals surface area contributed by atoms with Crippen LogP contribution < -0.4 is 0 Å². The summed E-state index contributed by atoms with van der Waals surface area (Å²) in [4.78, 5) is 0. The summed E-state index contributed by atoms with van der Waals surface area (Å²) in [6.07, 6.45) is 3.73. The molecule has 92 valence electrons. The Bertz CT molecular complexity index is 268. The molecule has 0 radical (unpaired) electrons. The Kier molecular flexibility index (Phi) is 8.93. The molecule has 0 aliphatic heterocycles. The van der Waals surface area contributed by atoms with Gasteiger partial charge in [-0.15, -0.1) is 0 Å². The molecule has 16 heavy (non-hydrogen) atoms. The Morgan fingerprint density at radius 2 is 1.62 bits per heavy atom. The zero-order chi connectivity index (χ0) is 12.4. The lowest BCUT2D eigenvalue weighted by Crippen LogP contribution is -2.10. The summed E-state index contributed by atoms with van der Waals surface area (Å²) in [5, 5.41) is 9.60. The molecule has 1 atom stereocenters. The van der Waals surface area contributed by atoms with Crippen LogP contribution in [0.2, 0.25) is 0 Å². The van der Waals surface area contributed by atoms with Gasteiger partial charge in [0.15, 0.2) is 0 Å². The summed E-state index contributed by atoms with van der Waals surface area (Å²) in [6.45, 7) is 8.21. The van der Waals surface area contributed by atoms with Crippen LogP contribution in [0.15, 0.2) is 24.3 Å². The molecule has 0 bridgehead atoms. The molecule has 0 spiro atoms. The predicted molar refractivity (Wildman–Crippen MR) is 71.8 cm³/mol. The van der Waals surface area contributed by atoms with Crippen molar-refractivity contribution in [2.24, 2.45) is 0 Å². The maximum atomic E-state index is 9.60. The zero-order valence-electron chi connectivity index (χ0n) is 11.2. The highest BCUT2D eigenvalue weighted by atomic mass is 16.3. The second kappa shape index (κ2) is 9.41. The second-order valence-electron chi connectivity index (χ2n) is 3.78.